The molecular weight excluding hydrogens is 119 g/mol. The SMILES string of the molecule is BS(C)(=S)=S. The van der Waals surface area contributed by atoms with E-state index < -0.39 is 7.00 Å². The number of rotatable bonds is 0. The Kier molecular flexibility index (Phi) is 1.80. The van der Waals surface area contributed by atoms with Gasteiger partial charge in [-0.3, -0.25) is 0 Å². The van der Waals surface area contributed by atoms with E-state index in [1.807, 2.05) is 13.4 Å². The minimum absolute atomic E-state index is 1.00. The molecule has 0 radical (unpaired) electrons. The van der Waals surface area contributed by atoms with E-state index in [2.05, 4.69) is 0 Å². The maximum absolute atomic E-state index is 4.72. The first-order chi connectivity index (χ1) is 2.00. The van der Waals surface area contributed by atoms with E-state index in [1.165, 1.54) is 0 Å². The van der Waals surface area contributed by atoms with E-state index in [9.17, 15) is 0 Å². The quantitative estimate of drug-likeness (QED) is 0.389. The van der Waals surface area contributed by atoms with Crippen molar-refractivity contribution in [3.63, 3.8) is 0 Å². The summed E-state index contributed by atoms with van der Waals surface area (Å²) < 4.78 is 0. The fraction of sp³-hybridized carbons (Fsp3) is 1.00. The van der Waals surface area contributed by atoms with Crippen molar-refractivity contribution in [2.24, 2.45) is 0 Å². The molecule has 4 heteroatoms. The molecule has 0 N–H and O–H groups in total. The van der Waals surface area contributed by atoms with Crippen molar-refractivity contribution < 1.29 is 0 Å². The Morgan fingerprint density at radius 1 is 1.60 bits per heavy atom. The summed E-state index contributed by atoms with van der Waals surface area (Å²) in [6, 6.07) is 0. The molecule has 0 bridgehead atoms. The molecule has 30 valence electrons. The highest BCUT2D eigenvalue weighted by molar-refractivity contribution is 8.66. The van der Waals surface area contributed by atoms with E-state index in [0.29, 0.717) is 0 Å². The first-order valence-electron chi connectivity index (χ1n) is 1.15. The Morgan fingerprint density at radius 2 is 1.60 bits per heavy atom. The summed E-state index contributed by atoms with van der Waals surface area (Å²) in [4.78, 5) is 0. The average molecular weight is 124 g/mol. The summed E-state index contributed by atoms with van der Waals surface area (Å²) >= 11 is 9.45. The lowest BCUT2D eigenvalue weighted by atomic mass is 10.8. The van der Waals surface area contributed by atoms with Crippen molar-refractivity contribution in [3.05, 3.63) is 0 Å². The van der Waals surface area contributed by atoms with E-state index in [-0.39, 0.29) is 0 Å². The summed E-state index contributed by atoms with van der Waals surface area (Å²) in [5, 5.41) is 0. The van der Waals surface area contributed by atoms with Crippen LogP contribution in [-0.2, 0) is 29.4 Å². The molecule has 0 unspecified atom stereocenters. The number of hydrogen-bond donors (Lipinski definition) is 0. The van der Waals surface area contributed by atoms with Crippen molar-refractivity contribution in [2.75, 3.05) is 6.26 Å². The molecule has 0 amide bonds. The van der Waals surface area contributed by atoms with Gasteiger partial charge in [0.1, 0.15) is 0 Å². The molecule has 0 heterocycles. The molecule has 0 saturated heterocycles. The van der Waals surface area contributed by atoms with Gasteiger partial charge >= 0.3 is 0 Å². The van der Waals surface area contributed by atoms with Gasteiger partial charge in [0.25, 0.3) is 0 Å². The normalized spacial score (nSPS) is 11.4. The van der Waals surface area contributed by atoms with Crippen LogP contribution in [0.1, 0.15) is 0 Å². The Balaban J connectivity index is 4.06. The fourth-order valence-corrected chi connectivity index (χ4v) is 0. The van der Waals surface area contributed by atoms with E-state index in [0.717, 1.165) is 0 Å². The molecule has 0 nitrogen and oxygen atoms in total. The van der Waals surface area contributed by atoms with Crippen molar-refractivity contribution in [2.45, 2.75) is 0 Å². The lowest BCUT2D eigenvalue weighted by Crippen LogP contribution is -1.84. The zero-order valence-electron chi connectivity index (χ0n) is 3.22. The van der Waals surface area contributed by atoms with Crippen molar-refractivity contribution in [1.29, 1.82) is 0 Å². The van der Waals surface area contributed by atoms with Crippen molar-refractivity contribution >= 4 is 36.5 Å². The molecule has 0 aromatic heterocycles. The molecule has 0 fully saturated rings. The highest BCUT2D eigenvalue weighted by atomic mass is 33.1. The van der Waals surface area contributed by atoms with Crippen LogP contribution in [0.3, 0.4) is 0 Å². The Morgan fingerprint density at radius 3 is 1.60 bits per heavy atom. The first-order valence-corrected chi connectivity index (χ1v) is 5.45. The third-order valence-electron chi connectivity index (χ3n) is 0. The minimum atomic E-state index is -1.00. The Hall–Kier alpha value is 0.855. The van der Waals surface area contributed by atoms with Crippen LogP contribution in [-0.4, -0.2) is 13.4 Å². The van der Waals surface area contributed by atoms with Crippen LogP contribution in [0.4, 0.5) is 0 Å². The summed E-state index contributed by atoms with van der Waals surface area (Å²) in [5.41, 5.74) is 0. The first kappa shape index (κ1) is 5.85. The van der Waals surface area contributed by atoms with Crippen molar-refractivity contribution in [3.8, 4) is 0 Å². The third-order valence-corrected chi connectivity index (χ3v) is 0. The second-order valence-electron chi connectivity index (χ2n) is 1.14. The van der Waals surface area contributed by atoms with Gasteiger partial charge in [-0.15, -0.1) is 7.00 Å². The molecular formula is CH5BS3. The van der Waals surface area contributed by atoms with Crippen LogP contribution < -0.4 is 0 Å². The van der Waals surface area contributed by atoms with Crippen molar-refractivity contribution in [1.82, 2.24) is 0 Å². The Bertz CT molecular complexity index is 90.1. The van der Waals surface area contributed by atoms with Gasteiger partial charge in [0.15, 0.2) is 7.12 Å². The molecule has 0 spiro atoms. The van der Waals surface area contributed by atoms with Gasteiger partial charge in [-0.1, -0.05) is 22.4 Å². The lowest BCUT2D eigenvalue weighted by molar-refractivity contribution is 2.52. The molecule has 5 heavy (non-hydrogen) atoms. The average Bonchev–Trinajstić information content (AvgIpc) is 0.722. The Labute approximate surface area is 43.1 Å². The molecule has 0 aromatic rings. The predicted molar refractivity (Wildman–Crippen MR) is 36.6 cm³/mol. The molecule has 0 aliphatic rings. The summed E-state index contributed by atoms with van der Waals surface area (Å²) in [6.45, 7) is -1.00. The van der Waals surface area contributed by atoms with Gasteiger partial charge in [-0.05, 0) is 6.26 Å². The van der Waals surface area contributed by atoms with Gasteiger partial charge in [0.2, 0.25) is 0 Å². The maximum Gasteiger partial charge on any atom is 0.187 e. The number of hydrogen-bond acceptors (Lipinski definition) is 2. The topological polar surface area (TPSA) is 0 Å². The molecule has 0 aliphatic carbocycles. The summed E-state index contributed by atoms with van der Waals surface area (Å²) in [5.74, 6) is 0. The maximum atomic E-state index is 4.72. The second kappa shape index (κ2) is 1.54. The van der Waals surface area contributed by atoms with Gasteiger partial charge in [0, 0.05) is 0 Å². The second-order valence-corrected chi connectivity index (χ2v) is 9.06. The van der Waals surface area contributed by atoms with E-state index in [1.54, 1.807) is 0 Å². The molecule has 0 aromatic carbocycles. The van der Waals surface area contributed by atoms with Gasteiger partial charge in [-0.25, -0.2) is 0 Å². The molecule has 0 aliphatic heterocycles. The zero-order chi connectivity index (χ0) is 4.50. The fourth-order valence-electron chi connectivity index (χ4n) is 0. The highest BCUT2D eigenvalue weighted by Crippen LogP contribution is 1.64. The van der Waals surface area contributed by atoms with Crippen LogP contribution >= 0.6 is 0 Å². The lowest BCUT2D eigenvalue weighted by Gasteiger charge is -1.78. The zero-order valence-corrected chi connectivity index (χ0v) is 5.67. The molecule has 0 rings (SSSR count). The third kappa shape index (κ3) is 54.1. The summed E-state index contributed by atoms with van der Waals surface area (Å²) in [6.07, 6.45) is 1.90. The predicted octanol–water partition coefficient (Wildman–Crippen LogP) is -0.758. The van der Waals surface area contributed by atoms with Crippen LogP contribution in [0.2, 0.25) is 0 Å². The standard InChI is InChI=1S/CH5BS3/c1-5(2,3)4/h2H2,1H3. The largest absolute Gasteiger partial charge is 0.187 e. The van der Waals surface area contributed by atoms with Gasteiger partial charge in [0.05, 0.1) is 0 Å². The van der Waals surface area contributed by atoms with Crippen LogP contribution in [0.5, 0.6) is 0 Å². The molecule has 0 atom stereocenters. The van der Waals surface area contributed by atoms with Crippen LogP contribution in [0.15, 0.2) is 0 Å². The monoisotopic (exact) mass is 124 g/mol. The highest BCUT2D eigenvalue weighted by Gasteiger charge is 1.69. The summed E-state index contributed by atoms with van der Waals surface area (Å²) in [7, 11) is 1.90. The molecule has 0 saturated carbocycles. The van der Waals surface area contributed by atoms with E-state index >= 15 is 0 Å². The van der Waals surface area contributed by atoms with Gasteiger partial charge < -0.3 is 0 Å². The van der Waals surface area contributed by atoms with Crippen LogP contribution in [0, 0.1) is 0 Å². The minimum Gasteiger partial charge on any atom is -0.134 e. The smallest absolute Gasteiger partial charge is 0.134 e. The van der Waals surface area contributed by atoms with Gasteiger partial charge in [-0.2, -0.15) is 0 Å². The van der Waals surface area contributed by atoms with Crippen LogP contribution in [0.25, 0.3) is 0 Å². The van der Waals surface area contributed by atoms with E-state index in [4.69, 9.17) is 22.4 Å².